The van der Waals surface area contributed by atoms with Crippen molar-refractivity contribution in [1.29, 1.82) is 0 Å². The van der Waals surface area contributed by atoms with E-state index in [1.165, 1.54) is 11.3 Å². The van der Waals surface area contributed by atoms with Crippen LogP contribution in [0.4, 0.5) is 0 Å². The van der Waals surface area contributed by atoms with E-state index in [0.29, 0.717) is 11.2 Å². The summed E-state index contributed by atoms with van der Waals surface area (Å²) in [4.78, 5) is 16.7. The topological polar surface area (TPSA) is 52.7 Å². The molecule has 3 aromatic rings. The maximum absolute atomic E-state index is 12.4. The van der Waals surface area contributed by atoms with Crippen LogP contribution >= 0.6 is 27.3 Å². The molecule has 0 saturated heterocycles. The first-order chi connectivity index (χ1) is 9.61. The van der Waals surface area contributed by atoms with Gasteiger partial charge in [-0.15, -0.1) is 11.3 Å². The zero-order valence-electron chi connectivity index (χ0n) is 11.1. The molecule has 5 nitrogen and oxygen atoms in total. The van der Waals surface area contributed by atoms with Gasteiger partial charge < -0.3 is 0 Å². The number of fused-ring (bicyclic) bond motifs is 1. The van der Waals surface area contributed by atoms with Crippen molar-refractivity contribution in [2.24, 2.45) is 0 Å². The molecule has 0 spiro atoms. The number of hydrogen-bond acceptors (Lipinski definition) is 4. The van der Waals surface area contributed by atoms with Crippen molar-refractivity contribution in [2.45, 2.75) is 26.9 Å². The lowest BCUT2D eigenvalue weighted by Gasteiger charge is -2.08. The number of nitrogens with zero attached hydrogens (tertiary/aromatic N) is 4. The Balaban J connectivity index is 2.09. The molecule has 104 valence electrons. The summed E-state index contributed by atoms with van der Waals surface area (Å²) in [5.74, 6) is 0. The van der Waals surface area contributed by atoms with Gasteiger partial charge in [0, 0.05) is 6.54 Å². The molecule has 0 radical (unpaired) electrons. The van der Waals surface area contributed by atoms with Crippen molar-refractivity contribution >= 4 is 37.5 Å². The standard InChI is InChI=1S/C13H13BrN4OS/c1-3-18-10(11(14)8(2)16-18)6-17-7-15-9-4-5-20-12(9)13(17)19/h4-5,7H,3,6H2,1-2H3. The van der Waals surface area contributed by atoms with Gasteiger partial charge in [-0.05, 0) is 41.2 Å². The molecule has 3 aromatic heterocycles. The van der Waals surface area contributed by atoms with Gasteiger partial charge in [0.1, 0.15) is 4.70 Å². The number of rotatable bonds is 3. The first-order valence-electron chi connectivity index (χ1n) is 6.26. The Morgan fingerprint density at radius 2 is 2.25 bits per heavy atom. The fraction of sp³-hybridized carbons (Fsp3) is 0.308. The maximum atomic E-state index is 12.4. The smallest absolute Gasteiger partial charge is 0.271 e. The summed E-state index contributed by atoms with van der Waals surface area (Å²) in [6.45, 7) is 5.22. The minimum absolute atomic E-state index is 0.00148. The van der Waals surface area contributed by atoms with E-state index in [9.17, 15) is 4.79 Å². The predicted octanol–water partition coefficient (Wildman–Crippen LogP) is 2.79. The largest absolute Gasteiger partial charge is 0.292 e. The van der Waals surface area contributed by atoms with Crippen LogP contribution in [0.25, 0.3) is 10.2 Å². The summed E-state index contributed by atoms with van der Waals surface area (Å²) < 4.78 is 5.19. The number of hydrogen-bond donors (Lipinski definition) is 0. The molecule has 0 N–H and O–H groups in total. The van der Waals surface area contributed by atoms with E-state index >= 15 is 0 Å². The average Bonchev–Trinajstić information content (AvgIpc) is 3.01. The van der Waals surface area contributed by atoms with Crippen LogP contribution in [0.3, 0.4) is 0 Å². The molecule has 0 saturated carbocycles. The Kier molecular flexibility index (Phi) is 3.47. The first kappa shape index (κ1) is 13.5. The van der Waals surface area contributed by atoms with Gasteiger partial charge in [0.15, 0.2) is 0 Å². The van der Waals surface area contributed by atoms with Crippen LogP contribution in [0.15, 0.2) is 27.0 Å². The lowest BCUT2D eigenvalue weighted by Crippen LogP contribution is -2.22. The van der Waals surface area contributed by atoms with Crippen LogP contribution < -0.4 is 5.56 Å². The normalized spacial score (nSPS) is 11.3. The maximum Gasteiger partial charge on any atom is 0.271 e. The molecule has 3 rings (SSSR count). The predicted molar refractivity (Wildman–Crippen MR) is 83.3 cm³/mol. The molecule has 3 heterocycles. The Hall–Kier alpha value is -1.47. The van der Waals surface area contributed by atoms with E-state index in [-0.39, 0.29) is 5.56 Å². The second-order valence-electron chi connectivity index (χ2n) is 4.47. The van der Waals surface area contributed by atoms with E-state index < -0.39 is 0 Å². The molecule has 0 amide bonds. The first-order valence-corrected chi connectivity index (χ1v) is 7.93. The van der Waals surface area contributed by atoms with Gasteiger partial charge >= 0.3 is 0 Å². The van der Waals surface area contributed by atoms with E-state index in [1.54, 1.807) is 10.9 Å². The average molecular weight is 353 g/mol. The fourth-order valence-corrected chi connectivity index (χ4v) is 3.37. The monoisotopic (exact) mass is 352 g/mol. The highest BCUT2D eigenvalue weighted by Gasteiger charge is 2.14. The summed E-state index contributed by atoms with van der Waals surface area (Å²) in [5.41, 5.74) is 2.68. The Morgan fingerprint density at radius 1 is 1.45 bits per heavy atom. The molecule has 0 fully saturated rings. The molecule has 0 aliphatic carbocycles. The highest BCUT2D eigenvalue weighted by Crippen LogP contribution is 2.22. The summed E-state index contributed by atoms with van der Waals surface area (Å²) >= 11 is 4.98. The van der Waals surface area contributed by atoms with Gasteiger partial charge in [-0.3, -0.25) is 14.0 Å². The molecule has 0 aliphatic rings. The minimum atomic E-state index is -0.00148. The third-order valence-electron chi connectivity index (χ3n) is 3.21. The summed E-state index contributed by atoms with van der Waals surface area (Å²) in [6.07, 6.45) is 1.60. The fourth-order valence-electron chi connectivity index (χ4n) is 2.17. The van der Waals surface area contributed by atoms with E-state index in [2.05, 4.69) is 26.0 Å². The second kappa shape index (κ2) is 5.14. The van der Waals surface area contributed by atoms with Gasteiger partial charge in [-0.25, -0.2) is 4.98 Å². The van der Waals surface area contributed by atoms with Crippen molar-refractivity contribution in [2.75, 3.05) is 0 Å². The van der Waals surface area contributed by atoms with Crippen LogP contribution in [0.1, 0.15) is 18.3 Å². The van der Waals surface area contributed by atoms with Crippen molar-refractivity contribution < 1.29 is 0 Å². The lowest BCUT2D eigenvalue weighted by atomic mass is 10.3. The van der Waals surface area contributed by atoms with Crippen LogP contribution in [-0.4, -0.2) is 19.3 Å². The zero-order chi connectivity index (χ0) is 14.3. The lowest BCUT2D eigenvalue weighted by molar-refractivity contribution is 0.589. The molecule has 7 heteroatoms. The number of aryl methyl sites for hydroxylation is 2. The number of aromatic nitrogens is 4. The van der Waals surface area contributed by atoms with Gasteiger partial charge in [0.25, 0.3) is 5.56 Å². The summed E-state index contributed by atoms with van der Waals surface area (Å²) in [6, 6.07) is 1.86. The van der Waals surface area contributed by atoms with Crippen LogP contribution in [-0.2, 0) is 13.1 Å². The van der Waals surface area contributed by atoms with E-state index in [4.69, 9.17) is 0 Å². The zero-order valence-corrected chi connectivity index (χ0v) is 13.5. The number of halogens is 1. The SMILES string of the molecule is CCn1nc(C)c(Br)c1Cn1cnc2ccsc2c1=O. The number of thiophene rings is 1. The third-order valence-corrected chi connectivity index (χ3v) is 5.13. The Bertz CT molecular complexity index is 833. The summed E-state index contributed by atoms with van der Waals surface area (Å²) in [7, 11) is 0. The molecule has 0 unspecified atom stereocenters. The second-order valence-corrected chi connectivity index (χ2v) is 6.18. The molecule has 0 bridgehead atoms. The highest BCUT2D eigenvalue weighted by molar-refractivity contribution is 9.10. The molecule has 0 aromatic carbocycles. The van der Waals surface area contributed by atoms with Crippen molar-refractivity contribution in [3.8, 4) is 0 Å². The van der Waals surface area contributed by atoms with Crippen LogP contribution in [0.5, 0.6) is 0 Å². The van der Waals surface area contributed by atoms with Gasteiger partial charge in [0.05, 0.1) is 34.2 Å². The van der Waals surface area contributed by atoms with Crippen molar-refractivity contribution in [3.05, 3.63) is 44.0 Å². The van der Waals surface area contributed by atoms with Crippen molar-refractivity contribution in [3.63, 3.8) is 0 Å². The van der Waals surface area contributed by atoms with E-state index in [0.717, 1.165) is 27.9 Å². The molecule has 20 heavy (non-hydrogen) atoms. The van der Waals surface area contributed by atoms with Gasteiger partial charge in [-0.1, -0.05) is 0 Å². The van der Waals surface area contributed by atoms with Gasteiger partial charge in [0.2, 0.25) is 0 Å². The van der Waals surface area contributed by atoms with Crippen LogP contribution in [0.2, 0.25) is 0 Å². The highest BCUT2D eigenvalue weighted by atomic mass is 79.9. The van der Waals surface area contributed by atoms with E-state index in [1.807, 2.05) is 30.0 Å². The summed E-state index contributed by atoms with van der Waals surface area (Å²) in [5, 5.41) is 6.33. The molecule has 0 atom stereocenters. The Labute approximate surface area is 128 Å². The Morgan fingerprint density at radius 3 is 3.00 bits per heavy atom. The molecular weight excluding hydrogens is 340 g/mol. The third kappa shape index (κ3) is 2.10. The molecular formula is C13H13BrN4OS. The minimum Gasteiger partial charge on any atom is -0.292 e. The quantitative estimate of drug-likeness (QED) is 0.728. The molecule has 0 aliphatic heterocycles. The van der Waals surface area contributed by atoms with Gasteiger partial charge in [-0.2, -0.15) is 5.10 Å². The van der Waals surface area contributed by atoms with Crippen molar-refractivity contribution in [1.82, 2.24) is 19.3 Å². The van der Waals surface area contributed by atoms with Crippen LogP contribution in [0, 0.1) is 6.92 Å².